The summed E-state index contributed by atoms with van der Waals surface area (Å²) in [5.74, 6) is -6.41. The number of alkyl halides is 2. The Morgan fingerprint density at radius 1 is 1.20 bits per heavy atom. The van der Waals surface area contributed by atoms with Crippen molar-refractivity contribution in [1.82, 2.24) is 25.1 Å². The lowest BCUT2D eigenvalue weighted by Gasteiger charge is -2.35. The maximum atomic E-state index is 15.3. The van der Waals surface area contributed by atoms with E-state index < -0.39 is 48.3 Å². The van der Waals surface area contributed by atoms with E-state index in [1.807, 2.05) is 0 Å². The molecule has 206 valence electrons. The first-order valence-electron chi connectivity index (χ1n) is 11.8. The normalized spacial score (nSPS) is 14.4. The number of carbonyl (C=O) groups is 2. The molecule has 10 nitrogen and oxygen atoms in total. The molecule has 0 bridgehead atoms. The fourth-order valence-corrected chi connectivity index (χ4v) is 4.43. The van der Waals surface area contributed by atoms with Crippen LogP contribution in [0, 0.1) is 5.82 Å². The molecule has 0 unspecified atom stereocenters. The lowest BCUT2D eigenvalue weighted by Crippen LogP contribution is -2.50. The zero-order chi connectivity index (χ0) is 28.8. The van der Waals surface area contributed by atoms with Gasteiger partial charge in [-0.15, -0.1) is 14.8 Å². The number of hydrogen-bond donors (Lipinski definition) is 3. The number of nitrogens with zero attached hydrogens (tertiary/aromatic N) is 4. The number of carbonyl (C=O) groups excluding carboxylic acids is 2. The fourth-order valence-electron chi connectivity index (χ4n) is 4.43. The van der Waals surface area contributed by atoms with E-state index in [0.29, 0.717) is 11.1 Å². The summed E-state index contributed by atoms with van der Waals surface area (Å²) in [7, 11) is 1.33. The Labute approximate surface area is 223 Å². The Morgan fingerprint density at radius 3 is 2.60 bits per heavy atom. The van der Waals surface area contributed by atoms with Crippen LogP contribution in [0.15, 0.2) is 55.1 Å². The summed E-state index contributed by atoms with van der Waals surface area (Å²) in [6, 6.07) is 7.47. The number of aromatic nitrogens is 4. The summed E-state index contributed by atoms with van der Waals surface area (Å²) in [5, 5.41) is 13.2. The van der Waals surface area contributed by atoms with Crippen molar-refractivity contribution in [2.45, 2.75) is 24.8 Å². The first-order chi connectivity index (χ1) is 19.0. The third-order valence-electron chi connectivity index (χ3n) is 6.36. The molecule has 5 rings (SSSR count). The molecule has 2 aromatic carbocycles. The molecule has 1 aliphatic rings. The number of fused-ring (bicyclic) bond motifs is 1. The standard InChI is InChI=1S/C26H21F4N7O3/c1-12(27)24(38)34-14-4-6-16(18(28)8-14)21-20(22-23(31)32-11-33-37(22)36-21)13-3-5-17(19(7-13)40-2)25(39)35-15-9-26(29,30)10-15/h3-8,11,15H,1,9-10H2,2H3,(H,34,38)(H,35,39)(H2,31,32,33). The summed E-state index contributed by atoms with van der Waals surface area (Å²) in [4.78, 5) is 28.4. The Morgan fingerprint density at radius 2 is 1.95 bits per heavy atom. The number of rotatable bonds is 7. The molecule has 1 saturated carbocycles. The van der Waals surface area contributed by atoms with Crippen LogP contribution >= 0.6 is 0 Å². The van der Waals surface area contributed by atoms with Crippen molar-refractivity contribution in [1.29, 1.82) is 0 Å². The average Bonchev–Trinajstić information content (AvgIpc) is 3.27. The molecule has 1 fully saturated rings. The van der Waals surface area contributed by atoms with Gasteiger partial charge in [-0.3, -0.25) is 9.59 Å². The minimum absolute atomic E-state index is 0.0105. The number of ether oxygens (including phenoxy) is 1. The lowest BCUT2D eigenvalue weighted by molar-refractivity contribution is -0.114. The molecule has 1 aliphatic carbocycles. The molecule has 2 heterocycles. The zero-order valence-electron chi connectivity index (χ0n) is 20.8. The second-order valence-corrected chi connectivity index (χ2v) is 9.11. The van der Waals surface area contributed by atoms with Gasteiger partial charge in [-0.05, 0) is 35.9 Å². The maximum absolute atomic E-state index is 15.3. The lowest BCUT2D eigenvalue weighted by atomic mass is 9.88. The van der Waals surface area contributed by atoms with Crippen molar-refractivity contribution >= 4 is 28.8 Å². The Kier molecular flexibility index (Phi) is 6.61. The fraction of sp³-hybridized carbons (Fsp3) is 0.192. The molecule has 4 N–H and O–H groups in total. The van der Waals surface area contributed by atoms with Crippen LogP contribution in [0.1, 0.15) is 23.2 Å². The van der Waals surface area contributed by atoms with Gasteiger partial charge < -0.3 is 21.1 Å². The van der Waals surface area contributed by atoms with Crippen molar-refractivity contribution in [3.05, 3.63) is 66.5 Å². The van der Waals surface area contributed by atoms with Gasteiger partial charge in [0, 0.05) is 35.7 Å². The van der Waals surface area contributed by atoms with E-state index >= 15 is 4.39 Å². The zero-order valence-corrected chi connectivity index (χ0v) is 20.8. The third kappa shape index (κ3) is 4.90. The number of anilines is 2. The van der Waals surface area contributed by atoms with Gasteiger partial charge in [-0.25, -0.2) is 22.5 Å². The molecule has 14 heteroatoms. The predicted molar refractivity (Wildman–Crippen MR) is 137 cm³/mol. The van der Waals surface area contributed by atoms with Gasteiger partial charge in [0.15, 0.2) is 11.6 Å². The molecular formula is C26H21F4N7O3. The SMILES string of the molecule is C=C(F)C(=O)Nc1ccc(-c2nn3ncnc(N)c3c2-c2ccc(C(=O)NC3CC(F)(F)C3)c(OC)c2)c(F)c1. The van der Waals surface area contributed by atoms with E-state index in [2.05, 4.69) is 32.4 Å². The second-order valence-electron chi connectivity index (χ2n) is 9.11. The van der Waals surface area contributed by atoms with Crippen molar-refractivity contribution in [3.63, 3.8) is 0 Å². The van der Waals surface area contributed by atoms with E-state index in [9.17, 15) is 22.8 Å². The quantitative estimate of drug-likeness (QED) is 0.230. The molecule has 2 amide bonds. The van der Waals surface area contributed by atoms with Crippen molar-refractivity contribution in [2.24, 2.45) is 0 Å². The molecule has 0 saturated heterocycles. The number of hydrogen-bond acceptors (Lipinski definition) is 7. The van der Waals surface area contributed by atoms with Crippen molar-refractivity contribution in [2.75, 3.05) is 18.2 Å². The van der Waals surface area contributed by atoms with Crippen LogP contribution in [-0.4, -0.2) is 50.7 Å². The van der Waals surface area contributed by atoms with E-state index in [-0.39, 0.29) is 39.6 Å². The highest BCUT2D eigenvalue weighted by Crippen LogP contribution is 2.41. The van der Waals surface area contributed by atoms with Crippen LogP contribution in [0.4, 0.5) is 29.1 Å². The molecule has 0 aliphatic heterocycles. The number of amides is 2. The number of benzene rings is 2. The largest absolute Gasteiger partial charge is 0.496 e. The van der Waals surface area contributed by atoms with E-state index in [4.69, 9.17) is 10.5 Å². The van der Waals surface area contributed by atoms with Crippen LogP contribution in [0.25, 0.3) is 27.9 Å². The van der Waals surface area contributed by atoms with Gasteiger partial charge in [0.05, 0.1) is 12.7 Å². The Bertz CT molecular complexity index is 1680. The molecule has 4 aromatic rings. The summed E-state index contributed by atoms with van der Waals surface area (Å²) in [5.41, 5.74) is 7.23. The Hall–Kier alpha value is -5.01. The van der Waals surface area contributed by atoms with Gasteiger partial charge in [-0.2, -0.15) is 0 Å². The minimum Gasteiger partial charge on any atom is -0.496 e. The first-order valence-corrected chi connectivity index (χ1v) is 11.8. The first kappa shape index (κ1) is 26.6. The molecule has 0 spiro atoms. The molecule has 40 heavy (non-hydrogen) atoms. The Balaban J connectivity index is 1.57. The summed E-state index contributed by atoms with van der Waals surface area (Å²) in [6.45, 7) is 2.90. The predicted octanol–water partition coefficient (Wildman–Crippen LogP) is 4.14. The minimum atomic E-state index is -2.80. The van der Waals surface area contributed by atoms with Crippen LogP contribution < -0.4 is 21.1 Å². The number of nitrogens with two attached hydrogens (primary N) is 1. The van der Waals surface area contributed by atoms with E-state index in [0.717, 1.165) is 6.07 Å². The monoisotopic (exact) mass is 555 g/mol. The van der Waals surface area contributed by atoms with E-state index in [1.54, 1.807) is 6.07 Å². The van der Waals surface area contributed by atoms with Gasteiger partial charge in [-0.1, -0.05) is 12.6 Å². The molecular weight excluding hydrogens is 534 g/mol. The number of nitrogen functional groups attached to an aromatic ring is 1. The van der Waals surface area contributed by atoms with Gasteiger partial charge in [0.2, 0.25) is 0 Å². The van der Waals surface area contributed by atoms with Crippen LogP contribution in [-0.2, 0) is 4.79 Å². The molecule has 0 radical (unpaired) electrons. The molecule has 2 aromatic heterocycles. The number of methoxy groups -OCH3 is 1. The van der Waals surface area contributed by atoms with Crippen molar-refractivity contribution in [3.8, 4) is 28.1 Å². The summed E-state index contributed by atoms with van der Waals surface area (Å²) in [6.07, 6.45) is 0.279. The summed E-state index contributed by atoms with van der Waals surface area (Å²) >= 11 is 0. The van der Waals surface area contributed by atoms with Gasteiger partial charge in [0.25, 0.3) is 17.7 Å². The smallest absolute Gasteiger partial charge is 0.283 e. The highest BCUT2D eigenvalue weighted by Gasteiger charge is 2.46. The second kappa shape index (κ2) is 9.94. The van der Waals surface area contributed by atoms with Gasteiger partial charge in [0.1, 0.15) is 29.1 Å². The van der Waals surface area contributed by atoms with Gasteiger partial charge >= 0.3 is 0 Å². The van der Waals surface area contributed by atoms with Crippen LogP contribution in [0.5, 0.6) is 5.75 Å². The summed E-state index contributed by atoms with van der Waals surface area (Å²) < 4.78 is 61.4. The number of halogens is 4. The van der Waals surface area contributed by atoms with Crippen molar-refractivity contribution < 1.29 is 31.9 Å². The number of nitrogens with one attached hydrogen (secondary N) is 2. The third-order valence-corrected chi connectivity index (χ3v) is 6.36. The highest BCUT2D eigenvalue weighted by atomic mass is 19.3. The van der Waals surface area contributed by atoms with Crippen LogP contribution in [0.3, 0.4) is 0 Å². The molecule has 0 atom stereocenters. The topological polar surface area (TPSA) is 137 Å². The van der Waals surface area contributed by atoms with Crippen LogP contribution in [0.2, 0.25) is 0 Å². The van der Waals surface area contributed by atoms with E-state index in [1.165, 1.54) is 42.3 Å². The highest BCUT2D eigenvalue weighted by molar-refractivity contribution is 6.02. The average molecular weight is 555 g/mol. The maximum Gasteiger partial charge on any atom is 0.283 e.